The predicted octanol–water partition coefficient (Wildman–Crippen LogP) is 6.65. The van der Waals surface area contributed by atoms with Gasteiger partial charge in [0.05, 0.1) is 10.7 Å². The molecule has 0 unspecified atom stereocenters. The number of rotatable bonds is 2. The Morgan fingerprint density at radius 1 is 1.00 bits per heavy atom. The molecule has 3 nitrogen and oxygen atoms in total. The molecule has 0 spiro atoms. The number of H-pyrrole nitrogens is 1. The number of fused-ring (bicyclic) bond motifs is 1. The molecule has 1 N–H and O–H groups in total. The highest BCUT2D eigenvalue weighted by Gasteiger charge is 2.13. The highest BCUT2D eigenvalue weighted by atomic mass is 35.5. The fraction of sp³-hybridized carbons (Fsp3) is 0.100. The Morgan fingerprint density at radius 2 is 1.81 bits per heavy atom. The summed E-state index contributed by atoms with van der Waals surface area (Å²) in [4.78, 5) is 7.82. The topological polar surface area (TPSA) is 33.1 Å². The molecule has 0 bridgehead atoms. The molecule has 26 heavy (non-hydrogen) atoms. The van der Waals surface area contributed by atoms with Crippen LogP contribution in [0.4, 0.5) is 0 Å². The summed E-state index contributed by atoms with van der Waals surface area (Å²) in [5.74, 6) is 0. The first-order valence-corrected chi connectivity index (χ1v) is 9.24. The monoisotopic (exact) mass is 399 g/mol. The molecule has 0 aliphatic heterocycles. The van der Waals surface area contributed by atoms with Gasteiger partial charge in [0.2, 0.25) is 4.77 Å². The second kappa shape index (κ2) is 6.54. The van der Waals surface area contributed by atoms with E-state index < -0.39 is 0 Å². The summed E-state index contributed by atoms with van der Waals surface area (Å²) >= 11 is 17.8. The van der Waals surface area contributed by atoms with Gasteiger partial charge in [-0.3, -0.25) is 4.40 Å². The zero-order chi connectivity index (χ0) is 18.4. The number of nitrogens with one attached hydrogen (secondary N) is 1. The van der Waals surface area contributed by atoms with Crippen molar-refractivity contribution in [1.82, 2.24) is 14.4 Å². The van der Waals surface area contributed by atoms with Crippen LogP contribution in [0.1, 0.15) is 11.1 Å². The van der Waals surface area contributed by atoms with Gasteiger partial charge in [-0.05, 0) is 61.0 Å². The summed E-state index contributed by atoms with van der Waals surface area (Å²) in [5.41, 5.74) is 7.14. The number of aromatic amines is 1. The van der Waals surface area contributed by atoms with Crippen LogP contribution < -0.4 is 0 Å². The van der Waals surface area contributed by atoms with Crippen LogP contribution in [0.2, 0.25) is 10.0 Å². The summed E-state index contributed by atoms with van der Waals surface area (Å²) in [6, 6.07) is 11.8. The molecule has 2 aromatic carbocycles. The number of benzene rings is 2. The number of imidazole rings is 1. The first-order valence-electron chi connectivity index (χ1n) is 8.07. The minimum Gasteiger partial charge on any atom is -0.339 e. The molecule has 6 heteroatoms. The maximum absolute atomic E-state index is 6.40. The Hall–Kier alpha value is -2.14. The Balaban J connectivity index is 1.96. The molecule has 4 rings (SSSR count). The van der Waals surface area contributed by atoms with Gasteiger partial charge >= 0.3 is 0 Å². The van der Waals surface area contributed by atoms with Crippen LogP contribution in [0, 0.1) is 18.6 Å². The zero-order valence-corrected chi connectivity index (χ0v) is 16.5. The average molecular weight is 400 g/mol. The van der Waals surface area contributed by atoms with E-state index >= 15 is 0 Å². The summed E-state index contributed by atoms with van der Waals surface area (Å²) in [6.45, 7) is 4.21. The van der Waals surface area contributed by atoms with Crippen LogP contribution in [0.5, 0.6) is 0 Å². The molecule has 0 atom stereocenters. The lowest BCUT2D eigenvalue weighted by atomic mass is 10.0. The molecule has 0 saturated heterocycles. The van der Waals surface area contributed by atoms with Gasteiger partial charge in [0.1, 0.15) is 5.65 Å². The highest BCUT2D eigenvalue weighted by molar-refractivity contribution is 7.71. The molecular formula is C20H15Cl2N3S. The molecule has 130 valence electrons. The third-order valence-corrected chi connectivity index (χ3v) is 5.41. The van der Waals surface area contributed by atoms with Crippen molar-refractivity contribution >= 4 is 41.1 Å². The van der Waals surface area contributed by atoms with Gasteiger partial charge in [-0.2, -0.15) is 0 Å². The van der Waals surface area contributed by atoms with Gasteiger partial charge in [0.25, 0.3) is 0 Å². The van der Waals surface area contributed by atoms with E-state index in [1.54, 1.807) is 12.3 Å². The number of hydrogen-bond donors (Lipinski definition) is 1. The minimum absolute atomic E-state index is 0.486. The molecular weight excluding hydrogens is 385 g/mol. The predicted molar refractivity (Wildman–Crippen MR) is 111 cm³/mol. The number of aromatic nitrogens is 3. The van der Waals surface area contributed by atoms with E-state index in [2.05, 4.69) is 42.0 Å². The van der Waals surface area contributed by atoms with Crippen LogP contribution in [0.25, 0.3) is 28.0 Å². The quantitative estimate of drug-likeness (QED) is 0.382. The summed E-state index contributed by atoms with van der Waals surface area (Å²) in [7, 11) is 0. The molecule has 2 heterocycles. The lowest BCUT2D eigenvalue weighted by Gasteiger charge is -2.06. The van der Waals surface area contributed by atoms with Crippen molar-refractivity contribution in [1.29, 1.82) is 0 Å². The van der Waals surface area contributed by atoms with Gasteiger partial charge in [-0.15, -0.1) is 0 Å². The third-order valence-electron chi connectivity index (χ3n) is 4.56. The maximum atomic E-state index is 6.40. The van der Waals surface area contributed by atoms with Gasteiger partial charge < -0.3 is 4.98 Å². The summed E-state index contributed by atoms with van der Waals surface area (Å²) in [6.07, 6.45) is 3.72. The number of halogens is 2. The van der Waals surface area contributed by atoms with Crippen molar-refractivity contribution < 1.29 is 0 Å². The lowest BCUT2D eigenvalue weighted by Crippen LogP contribution is -1.93. The minimum atomic E-state index is 0.486. The van der Waals surface area contributed by atoms with Crippen molar-refractivity contribution in [3.8, 4) is 22.4 Å². The largest absolute Gasteiger partial charge is 0.339 e. The summed E-state index contributed by atoms with van der Waals surface area (Å²) < 4.78 is 2.36. The van der Waals surface area contributed by atoms with Crippen molar-refractivity contribution in [3.63, 3.8) is 0 Å². The second-order valence-corrected chi connectivity index (χ2v) is 7.47. The van der Waals surface area contributed by atoms with Crippen molar-refractivity contribution in [2.45, 2.75) is 13.8 Å². The SMILES string of the molecule is Cc1ccc(-c2cn3c(=S)ncc(-c4ccc(Cl)cc4Cl)c3[nH]2)cc1C. The van der Waals surface area contributed by atoms with E-state index in [1.807, 2.05) is 22.7 Å². The third kappa shape index (κ3) is 2.94. The van der Waals surface area contributed by atoms with Gasteiger partial charge in [-0.1, -0.05) is 41.4 Å². The fourth-order valence-electron chi connectivity index (χ4n) is 2.97. The molecule has 0 fully saturated rings. The summed E-state index contributed by atoms with van der Waals surface area (Å²) in [5, 5.41) is 1.17. The van der Waals surface area contributed by atoms with E-state index in [0.717, 1.165) is 28.0 Å². The fourth-order valence-corrected chi connectivity index (χ4v) is 3.67. The van der Waals surface area contributed by atoms with Crippen molar-refractivity contribution in [2.75, 3.05) is 0 Å². The molecule has 0 aliphatic rings. The van der Waals surface area contributed by atoms with E-state index in [9.17, 15) is 0 Å². The Kier molecular flexibility index (Phi) is 4.35. The van der Waals surface area contributed by atoms with E-state index in [1.165, 1.54) is 11.1 Å². The molecule has 0 aliphatic carbocycles. The van der Waals surface area contributed by atoms with Gasteiger partial charge in [0, 0.05) is 28.5 Å². The lowest BCUT2D eigenvalue weighted by molar-refractivity contribution is 1.06. The molecule has 2 aromatic heterocycles. The molecule has 4 aromatic rings. The number of nitrogens with zero attached hydrogens (tertiary/aromatic N) is 2. The smallest absolute Gasteiger partial charge is 0.205 e. The number of aryl methyl sites for hydroxylation is 2. The first-order chi connectivity index (χ1) is 12.4. The van der Waals surface area contributed by atoms with E-state index in [4.69, 9.17) is 35.4 Å². The Bertz CT molecular complexity index is 1210. The average Bonchev–Trinajstić information content (AvgIpc) is 3.05. The first kappa shape index (κ1) is 17.3. The van der Waals surface area contributed by atoms with Crippen LogP contribution in [-0.4, -0.2) is 14.4 Å². The van der Waals surface area contributed by atoms with Crippen molar-refractivity contribution in [2.24, 2.45) is 0 Å². The molecule has 0 radical (unpaired) electrons. The van der Waals surface area contributed by atoms with Crippen LogP contribution in [0.3, 0.4) is 0 Å². The standard InChI is InChI=1S/C20H15Cl2N3S/c1-11-3-4-13(7-12(11)2)18-10-25-19(24-18)16(9-23-20(25)26)15-6-5-14(21)8-17(15)22/h3-10,24H,1-2H3. The Labute approximate surface area is 166 Å². The van der Waals surface area contributed by atoms with E-state index in [0.29, 0.717) is 14.8 Å². The second-order valence-electron chi connectivity index (χ2n) is 6.26. The highest BCUT2D eigenvalue weighted by Crippen LogP contribution is 2.33. The molecule has 0 saturated carbocycles. The van der Waals surface area contributed by atoms with Crippen LogP contribution in [-0.2, 0) is 0 Å². The van der Waals surface area contributed by atoms with Gasteiger partial charge in [0.15, 0.2) is 0 Å². The van der Waals surface area contributed by atoms with E-state index in [-0.39, 0.29) is 0 Å². The number of hydrogen-bond acceptors (Lipinski definition) is 2. The van der Waals surface area contributed by atoms with Crippen molar-refractivity contribution in [3.05, 3.63) is 74.7 Å². The van der Waals surface area contributed by atoms with Crippen LogP contribution in [0.15, 0.2) is 48.8 Å². The zero-order valence-electron chi connectivity index (χ0n) is 14.2. The normalized spacial score (nSPS) is 11.2. The van der Waals surface area contributed by atoms with Gasteiger partial charge in [-0.25, -0.2) is 4.98 Å². The molecule has 0 amide bonds. The maximum Gasteiger partial charge on any atom is 0.205 e. The Morgan fingerprint density at radius 3 is 2.54 bits per heavy atom. The van der Waals surface area contributed by atoms with Crippen LogP contribution >= 0.6 is 35.4 Å².